The second-order valence-corrected chi connectivity index (χ2v) is 6.30. The van der Waals surface area contributed by atoms with Crippen molar-refractivity contribution in [2.75, 3.05) is 39.3 Å². The Labute approximate surface area is 147 Å². The molecule has 0 radical (unpaired) electrons. The van der Waals surface area contributed by atoms with Crippen LogP contribution in [0.3, 0.4) is 0 Å². The standard InChI is InChI=1S/C17H23F2N3O.ClH/c1-12-15-10-13(18)11-16(19)14(15)2-6-21(12)7-3-17(23)22-8-4-20-5-9-22;/h10-12,20H,2-9H2,1H3;1H. The lowest BCUT2D eigenvalue weighted by molar-refractivity contribution is -0.132. The lowest BCUT2D eigenvalue weighted by Gasteiger charge is -2.36. The molecule has 2 aliphatic heterocycles. The Morgan fingerprint density at radius 2 is 1.96 bits per heavy atom. The van der Waals surface area contributed by atoms with Crippen LogP contribution in [-0.2, 0) is 11.2 Å². The molecule has 3 rings (SSSR count). The van der Waals surface area contributed by atoms with Crippen molar-refractivity contribution in [3.05, 3.63) is 34.9 Å². The first-order valence-corrected chi connectivity index (χ1v) is 8.26. The number of carbonyl (C=O) groups is 1. The van der Waals surface area contributed by atoms with E-state index in [9.17, 15) is 13.6 Å². The van der Waals surface area contributed by atoms with Gasteiger partial charge in [-0.1, -0.05) is 0 Å². The van der Waals surface area contributed by atoms with E-state index < -0.39 is 11.6 Å². The van der Waals surface area contributed by atoms with Crippen LogP contribution in [0.4, 0.5) is 8.78 Å². The summed E-state index contributed by atoms with van der Waals surface area (Å²) in [6.07, 6.45) is 1.02. The molecule has 1 N–H and O–H groups in total. The summed E-state index contributed by atoms with van der Waals surface area (Å²) in [7, 11) is 0. The van der Waals surface area contributed by atoms with Crippen molar-refractivity contribution in [2.24, 2.45) is 0 Å². The molecule has 2 aliphatic rings. The maximum Gasteiger partial charge on any atom is 0.223 e. The van der Waals surface area contributed by atoms with Crippen molar-refractivity contribution in [3.8, 4) is 0 Å². The summed E-state index contributed by atoms with van der Waals surface area (Å²) in [6.45, 7) is 6.48. The fraction of sp³-hybridized carbons (Fsp3) is 0.588. The average molecular weight is 360 g/mol. The predicted octanol–water partition coefficient (Wildman–Crippen LogP) is 2.13. The highest BCUT2D eigenvalue weighted by molar-refractivity contribution is 5.85. The number of hydrogen-bond donors (Lipinski definition) is 1. The van der Waals surface area contributed by atoms with E-state index in [2.05, 4.69) is 10.2 Å². The summed E-state index contributed by atoms with van der Waals surface area (Å²) in [6, 6.07) is 2.31. The van der Waals surface area contributed by atoms with Crippen LogP contribution in [0, 0.1) is 11.6 Å². The maximum atomic E-state index is 13.9. The second kappa shape index (κ2) is 8.23. The third-order valence-corrected chi connectivity index (χ3v) is 4.92. The number of nitrogens with zero attached hydrogens (tertiary/aromatic N) is 2. The maximum absolute atomic E-state index is 13.9. The smallest absolute Gasteiger partial charge is 0.223 e. The molecule has 7 heteroatoms. The molecule has 0 saturated carbocycles. The van der Waals surface area contributed by atoms with Crippen molar-refractivity contribution in [2.45, 2.75) is 25.8 Å². The SMILES string of the molecule is CC1c2cc(F)cc(F)c2CCN1CCC(=O)N1CCNCC1.Cl. The van der Waals surface area contributed by atoms with Gasteiger partial charge in [0.25, 0.3) is 0 Å². The van der Waals surface area contributed by atoms with Crippen LogP contribution in [0.15, 0.2) is 12.1 Å². The van der Waals surface area contributed by atoms with Gasteiger partial charge in [0, 0.05) is 57.8 Å². The Bertz CT molecular complexity index is 593. The van der Waals surface area contributed by atoms with Gasteiger partial charge in [0.05, 0.1) is 0 Å². The van der Waals surface area contributed by atoms with Gasteiger partial charge in [0.2, 0.25) is 5.91 Å². The molecule has 1 saturated heterocycles. The highest BCUT2D eigenvalue weighted by Crippen LogP contribution is 2.31. The highest BCUT2D eigenvalue weighted by atomic mass is 35.5. The molecule has 1 fully saturated rings. The van der Waals surface area contributed by atoms with Crippen molar-refractivity contribution in [3.63, 3.8) is 0 Å². The first-order chi connectivity index (χ1) is 11.1. The molecular formula is C17H24ClF2N3O. The summed E-state index contributed by atoms with van der Waals surface area (Å²) in [5.41, 5.74) is 1.33. The topological polar surface area (TPSA) is 35.6 Å². The van der Waals surface area contributed by atoms with Crippen molar-refractivity contribution >= 4 is 18.3 Å². The van der Waals surface area contributed by atoms with Crippen LogP contribution in [0.1, 0.15) is 30.5 Å². The molecule has 134 valence electrons. The minimum Gasteiger partial charge on any atom is -0.340 e. The number of halogens is 3. The van der Waals surface area contributed by atoms with Crippen molar-refractivity contribution in [1.82, 2.24) is 15.1 Å². The zero-order valence-electron chi connectivity index (χ0n) is 13.9. The molecule has 0 aliphatic carbocycles. The Morgan fingerprint density at radius 3 is 2.67 bits per heavy atom. The molecule has 24 heavy (non-hydrogen) atoms. The van der Waals surface area contributed by atoms with E-state index in [4.69, 9.17) is 0 Å². The highest BCUT2D eigenvalue weighted by Gasteiger charge is 2.27. The molecule has 2 heterocycles. The third-order valence-electron chi connectivity index (χ3n) is 4.92. The molecule has 1 atom stereocenters. The van der Waals surface area contributed by atoms with Crippen LogP contribution >= 0.6 is 12.4 Å². The van der Waals surface area contributed by atoms with Gasteiger partial charge >= 0.3 is 0 Å². The van der Waals surface area contributed by atoms with E-state index in [0.29, 0.717) is 37.1 Å². The summed E-state index contributed by atoms with van der Waals surface area (Å²) in [5.74, 6) is -0.829. The molecular weight excluding hydrogens is 336 g/mol. The molecule has 1 aromatic carbocycles. The summed E-state index contributed by atoms with van der Waals surface area (Å²) in [5, 5.41) is 3.23. The first-order valence-electron chi connectivity index (χ1n) is 8.26. The lowest BCUT2D eigenvalue weighted by atomic mass is 9.92. The van der Waals surface area contributed by atoms with Gasteiger partial charge in [-0.15, -0.1) is 12.4 Å². The number of amides is 1. The molecule has 1 amide bonds. The molecule has 4 nitrogen and oxygen atoms in total. The first kappa shape index (κ1) is 19.1. The van der Waals surface area contributed by atoms with E-state index in [1.807, 2.05) is 11.8 Å². The van der Waals surface area contributed by atoms with Crippen molar-refractivity contribution < 1.29 is 13.6 Å². The van der Waals surface area contributed by atoms with Crippen LogP contribution in [0.25, 0.3) is 0 Å². The van der Waals surface area contributed by atoms with Crippen LogP contribution in [0.5, 0.6) is 0 Å². The minimum absolute atomic E-state index is 0. The van der Waals surface area contributed by atoms with Gasteiger partial charge in [-0.05, 0) is 30.5 Å². The number of carbonyl (C=O) groups excluding carboxylic acids is 1. The zero-order chi connectivity index (χ0) is 16.4. The van der Waals surface area contributed by atoms with E-state index >= 15 is 0 Å². The fourth-order valence-corrected chi connectivity index (χ4v) is 3.52. The van der Waals surface area contributed by atoms with E-state index in [1.165, 1.54) is 6.07 Å². The third kappa shape index (κ3) is 4.05. The number of piperazine rings is 1. The number of rotatable bonds is 3. The van der Waals surface area contributed by atoms with Gasteiger partial charge in [0.1, 0.15) is 11.6 Å². The summed E-state index contributed by atoms with van der Waals surface area (Å²) in [4.78, 5) is 16.3. The predicted molar refractivity (Wildman–Crippen MR) is 91.4 cm³/mol. The Hall–Kier alpha value is -1.24. The number of hydrogen-bond acceptors (Lipinski definition) is 3. The minimum atomic E-state index is -0.535. The Balaban J connectivity index is 0.00000208. The molecule has 0 bridgehead atoms. The molecule has 1 aromatic rings. The summed E-state index contributed by atoms with van der Waals surface area (Å²) < 4.78 is 27.4. The van der Waals surface area contributed by atoms with Crippen LogP contribution < -0.4 is 5.32 Å². The van der Waals surface area contributed by atoms with Gasteiger partial charge in [-0.3, -0.25) is 9.69 Å². The number of nitrogens with one attached hydrogen (secondary N) is 1. The van der Waals surface area contributed by atoms with Gasteiger partial charge in [-0.25, -0.2) is 8.78 Å². The summed E-state index contributed by atoms with van der Waals surface area (Å²) >= 11 is 0. The van der Waals surface area contributed by atoms with Gasteiger partial charge < -0.3 is 10.2 Å². The monoisotopic (exact) mass is 359 g/mol. The van der Waals surface area contributed by atoms with E-state index in [0.717, 1.165) is 32.2 Å². The molecule has 1 unspecified atom stereocenters. The Morgan fingerprint density at radius 1 is 1.25 bits per heavy atom. The largest absolute Gasteiger partial charge is 0.340 e. The zero-order valence-corrected chi connectivity index (χ0v) is 14.7. The van der Waals surface area contributed by atoms with Crippen LogP contribution in [-0.4, -0.2) is 55.0 Å². The average Bonchev–Trinajstić information content (AvgIpc) is 2.55. The molecule has 0 spiro atoms. The normalized spacial score (nSPS) is 21.1. The molecule has 0 aromatic heterocycles. The van der Waals surface area contributed by atoms with Crippen molar-refractivity contribution in [1.29, 1.82) is 0 Å². The number of fused-ring (bicyclic) bond motifs is 1. The van der Waals surface area contributed by atoms with Gasteiger partial charge in [0.15, 0.2) is 0 Å². The quantitative estimate of drug-likeness (QED) is 0.898. The van der Waals surface area contributed by atoms with Gasteiger partial charge in [-0.2, -0.15) is 0 Å². The van der Waals surface area contributed by atoms with E-state index in [1.54, 1.807) is 0 Å². The second-order valence-electron chi connectivity index (χ2n) is 6.30. The Kier molecular flexibility index (Phi) is 6.54. The van der Waals surface area contributed by atoms with Crippen LogP contribution in [0.2, 0.25) is 0 Å². The fourth-order valence-electron chi connectivity index (χ4n) is 3.52. The number of benzene rings is 1. The lowest BCUT2D eigenvalue weighted by Crippen LogP contribution is -2.47. The van der Waals surface area contributed by atoms with E-state index in [-0.39, 0.29) is 24.4 Å².